The molecule has 0 saturated heterocycles. The number of carbonyl (C=O) groups excluding carboxylic acids is 1. The highest BCUT2D eigenvalue weighted by atomic mass is 35.5. The van der Waals surface area contributed by atoms with Crippen molar-refractivity contribution in [1.29, 1.82) is 0 Å². The maximum Gasteiger partial charge on any atom is 0.155 e. The molecule has 2 nitrogen and oxygen atoms in total. The van der Waals surface area contributed by atoms with Gasteiger partial charge in [0.1, 0.15) is 5.75 Å². The van der Waals surface area contributed by atoms with E-state index in [2.05, 4.69) is 0 Å². The van der Waals surface area contributed by atoms with E-state index >= 15 is 0 Å². The van der Waals surface area contributed by atoms with Gasteiger partial charge < -0.3 is 4.74 Å². The quantitative estimate of drug-likeness (QED) is 0.819. The Morgan fingerprint density at radius 2 is 2.00 bits per heavy atom. The van der Waals surface area contributed by atoms with Gasteiger partial charge in [-0.3, -0.25) is 4.79 Å². The zero-order valence-electron chi connectivity index (χ0n) is 10.9. The lowest BCUT2D eigenvalue weighted by Crippen LogP contribution is -1.97. The van der Waals surface area contributed by atoms with Crippen LogP contribution in [-0.2, 0) is 17.6 Å². The van der Waals surface area contributed by atoms with E-state index < -0.39 is 0 Å². The first-order chi connectivity index (χ1) is 9.22. The molecule has 0 radical (unpaired) electrons. The van der Waals surface area contributed by atoms with Crippen molar-refractivity contribution < 1.29 is 9.53 Å². The van der Waals surface area contributed by atoms with Gasteiger partial charge in [-0.2, -0.15) is 0 Å². The zero-order chi connectivity index (χ0) is 13.2. The number of carbonyl (C=O) groups is 1. The Labute approximate surface area is 118 Å². The summed E-state index contributed by atoms with van der Waals surface area (Å²) in [6.45, 7) is 0.737. The molecular formula is C16H17ClO2. The molecule has 19 heavy (non-hydrogen) atoms. The second-order valence-electron chi connectivity index (χ2n) is 5.30. The van der Waals surface area contributed by atoms with Gasteiger partial charge >= 0.3 is 0 Å². The molecule has 1 heterocycles. The Hall–Kier alpha value is -1.28. The van der Waals surface area contributed by atoms with Gasteiger partial charge in [0.2, 0.25) is 0 Å². The molecule has 0 atom stereocenters. The molecule has 0 N–H and O–H groups in total. The molecule has 1 aromatic carbocycles. The number of allylic oxidation sites excluding steroid dienone is 2. The van der Waals surface area contributed by atoms with Crippen LogP contribution in [-0.4, -0.2) is 12.4 Å². The summed E-state index contributed by atoms with van der Waals surface area (Å²) < 4.78 is 5.71. The predicted molar refractivity (Wildman–Crippen MR) is 75.9 cm³/mol. The van der Waals surface area contributed by atoms with E-state index in [0.717, 1.165) is 55.0 Å². The molecule has 0 bridgehead atoms. The predicted octanol–water partition coefficient (Wildman–Crippen LogP) is 3.89. The maximum absolute atomic E-state index is 11.7. The average Bonchev–Trinajstić information content (AvgIpc) is 2.73. The minimum atomic E-state index is 0.257. The molecule has 1 aliphatic carbocycles. The first-order valence-electron chi connectivity index (χ1n) is 6.89. The van der Waals surface area contributed by atoms with Gasteiger partial charge in [0.15, 0.2) is 5.78 Å². The summed E-state index contributed by atoms with van der Waals surface area (Å²) in [6.07, 6.45) is 7.34. The van der Waals surface area contributed by atoms with Crippen molar-refractivity contribution in [2.75, 3.05) is 6.61 Å². The lowest BCUT2D eigenvalue weighted by molar-refractivity contribution is -0.114. The van der Waals surface area contributed by atoms with Gasteiger partial charge in [0.05, 0.1) is 6.61 Å². The number of benzene rings is 1. The third-order valence-corrected chi connectivity index (χ3v) is 4.00. The Balaban J connectivity index is 1.89. The standard InChI is InChI=1S/C16H17ClO2/c17-14-9-12-5-6-19-16(12)13(10-14)7-11-3-1-2-4-15(18)8-11/h8-10H,1-7H2. The summed E-state index contributed by atoms with van der Waals surface area (Å²) in [5, 5.41) is 0.764. The van der Waals surface area contributed by atoms with E-state index in [-0.39, 0.29) is 5.78 Å². The number of ketones is 1. The smallest absolute Gasteiger partial charge is 0.155 e. The number of hydrogen-bond acceptors (Lipinski definition) is 2. The van der Waals surface area contributed by atoms with Crippen LogP contribution in [0.5, 0.6) is 5.75 Å². The Bertz CT molecular complexity index is 546. The van der Waals surface area contributed by atoms with E-state index in [1.54, 1.807) is 0 Å². The zero-order valence-corrected chi connectivity index (χ0v) is 11.6. The molecule has 0 fully saturated rings. The highest BCUT2D eigenvalue weighted by Gasteiger charge is 2.19. The summed E-state index contributed by atoms with van der Waals surface area (Å²) in [6, 6.07) is 3.96. The largest absolute Gasteiger partial charge is 0.493 e. The van der Waals surface area contributed by atoms with Crippen molar-refractivity contribution in [1.82, 2.24) is 0 Å². The van der Waals surface area contributed by atoms with Crippen LogP contribution >= 0.6 is 11.6 Å². The van der Waals surface area contributed by atoms with E-state index in [4.69, 9.17) is 16.3 Å². The number of halogens is 1. The van der Waals surface area contributed by atoms with Gasteiger partial charge in [0.25, 0.3) is 0 Å². The minimum Gasteiger partial charge on any atom is -0.493 e. The topological polar surface area (TPSA) is 26.3 Å². The van der Waals surface area contributed by atoms with E-state index in [1.165, 1.54) is 11.1 Å². The molecule has 0 aromatic heterocycles. The molecule has 1 aromatic rings. The fourth-order valence-corrected chi connectivity index (χ4v) is 3.15. The van der Waals surface area contributed by atoms with Crippen LogP contribution < -0.4 is 4.74 Å². The molecule has 3 rings (SSSR count). The summed E-state index contributed by atoms with van der Waals surface area (Å²) in [7, 11) is 0. The molecule has 0 saturated carbocycles. The fraction of sp³-hybridized carbons (Fsp3) is 0.438. The fourth-order valence-electron chi connectivity index (χ4n) is 2.88. The molecule has 0 spiro atoms. The molecular weight excluding hydrogens is 260 g/mol. The van der Waals surface area contributed by atoms with Crippen LogP contribution in [0.15, 0.2) is 23.8 Å². The van der Waals surface area contributed by atoms with E-state index in [1.807, 2.05) is 18.2 Å². The first kappa shape index (κ1) is 12.7. The van der Waals surface area contributed by atoms with E-state index in [0.29, 0.717) is 6.42 Å². The number of rotatable bonds is 2. The summed E-state index contributed by atoms with van der Waals surface area (Å²) in [5.41, 5.74) is 3.53. The molecule has 100 valence electrons. The van der Waals surface area contributed by atoms with Crippen molar-refractivity contribution in [2.45, 2.75) is 38.5 Å². The third-order valence-electron chi connectivity index (χ3n) is 3.78. The van der Waals surface area contributed by atoms with Crippen LogP contribution in [0.25, 0.3) is 0 Å². The number of hydrogen-bond donors (Lipinski definition) is 0. The molecule has 1 aliphatic heterocycles. The first-order valence-corrected chi connectivity index (χ1v) is 7.26. The lowest BCUT2D eigenvalue weighted by Gasteiger charge is -2.11. The number of ether oxygens (including phenoxy) is 1. The molecule has 3 heteroatoms. The van der Waals surface area contributed by atoms with Crippen molar-refractivity contribution in [3.8, 4) is 5.75 Å². The second-order valence-corrected chi connectivity index (χ2v) is 5.74. The minimum absolute atomic E-state index is 0.257. The van der Waals surface area contributed by atoms with Crippen LogP contribution in [0, 0.1) is 0 Å². The Kier molecular flexibility index (Phi) is 3.61. The maximum atomic E-state index is 11.7. The van der Waals surface area contributed by atoms with Gasteiger partial charge in [-0.1, -0.05) is 17.2 Å². The van der Waals surface area contributed by atoms with Crippen molar-refractivity contribution in [3.63, 3.8) is 0 Å². The molecule has 0 unspecified atom stereocenters. The van der Waals surface area contributed by atoms with Gasteiger partial charge in [-0.05, 0) is 55.0 Å². The van der Waals surface area contributed by atoms with Crippen LogP contribution in [0.2, 0.25) is 5.02 Å². The lowest BCUT2D eigenvalue weighted by atomic mass is 9.98. The van der Waals surface area contributed by atoms with Crippen LogP contribution in [0.1, 0.15) is 36.8 Å². The summed E-state index contributed by atoms with van der Waals surface area (Å²) >= 11 is 6.17. The Morgan fingerprint density at radius 1 is 1.16 bits per heavy atom. The van der Waals surface area contributed by atoms with E-state index in [9.17, 15) is 4.79 Å². The van der Waals surface area contributed by atoms with Gasteiger partial charge in [0, 0.05) is 17.9 Å². The molecule has 0 amide bonds. The number of fused-ring (bicyclic) bond motifs is 1. The molecule has 2 aliphatic rings. The summed E-state index contributed by atoms with van der Waals surface area (Å²) in [4.78, 5) is 11.7. The average molecular weight is 277 g/mol. The monoisotopic (exact) mass is 276 g/mol. The third kappa shape index (κ3) is 2.84. The van der Waals surface area contributed by atoms with Gasteiger partial charge in [-0.15, -0.1) is 0 Å². The SMILES string of the molecule is O=C1C=C(Cc2cc(Cl)cc3c2OCC3)CCCC1. The summed E-state index contributed by atoms with van der Waals surface area (Å²) in [5.74, 6) is 1.24. The highest BCUT2D eigenvalue weighted by molar-refractivity contribution is 6.30. The Morgan fingerprint density at radius 3 is 2.89 bits per heavy atom. The second kappa shape index (κ2) is 5.38. The van der Waals surface area contributed by atoms with Crippen molar-refractivity contribution in [3.05, 3.63) is 39.9 Å². The van der Waals surface area contributed by atoms with Crippen LogP contribution in [0.4, 0.5) is 0 Å². The van der Waals surface area contributed by atoms with Crippen molar-refractivity contribution in [2.24, 2.45) is 0 Å². The van der Waals surface area contributed by atoms with Crippen LogP contribution in [0.3, 0.4) is 0 Å². The highest BCUT2D eigenvalue weighted by Crippen LogP contribution is 2.35. The normalized spacial score (nSPS) is 18.6. The van der Waals surface area contributed by atoms with Crippen molar-refractivity contribution >= 4 is 17.4 Å². The van der Waals surface area contributed by atoms with Gasteiger partial charge in [-0.25, -0.2) is 0 Å².